The Balaban J connectivity index is 2.73. The van der Waals surface area contributed by atoms with E-state index in [9.17, 15) is 0 Å². The van der Waals surface area contributed by atoms with E-state index in [-0.39, 0.29) is 6.04 Å². The number of halogens is 1. The normalized spacial score (nSPS) is 12.9. The highest BCUT2D eigenvalue weighted by molar-refractivity contribution is 9.10. The molecule has 2 nitrogen and oxygen atoms in total. The molecule has 0 spiro atoms. The van der Waals surface area contributed by atoms with Crippen LogP contribution in [0.25, 0.3) is 0 Å². The van der Waals surface area contributed by atoms with Gasteiger partial charge in [-0.1, -0.05) is 19.4 Å². The third-order valence-corrected chi connectivity index (χ3v) is 2.16. The predicted octanol–water partition coefficient (Wildman–Crippen LogP) is 2.64. The Bertz CT molecular complexity index is 250. The predicted molar refractivity (Wildman–Crippen MR) is 53.8 cm³/mol. The van der Waals surface area contributed by atoms with Gasteiger partial charge in [0, 0.05) is 6.04 Å². The number of pyridine rings is 1. The van der Waals surface area contributed by atoms with E-state index >= 15 is 0 Å². The van der Waals surface area contributed by atoms with Crippen LogP contribution in [0.3, 0.4) is 0 Å². The second kappa shape index (κ2) is 4.58. The molecule has 0 radical (unpaired) electrons. The maximum atomic E-state index is 5.89. The summed E-state index contributed by atoms with van der Waals surface area (Å²) in [6.07, 6.45) is 2.08. The highest BCUT2D eigenvalue weighted by Crippen LogP contribution is 2.15. The van der Waals surface area contributed by atoms with E-state index < -0.39 is 0 Å². The van der Waals surface area contributed by atoms with Crippen LogP contribution in [0.2, 0.25) is 0 Å². The van der Waals surface area contributed by atoms with Gasteiger partial charge in [0.15, 0.2) is 0 Å². The Labute approximate surface area is 81.3 Å². The maximum absolute atomic E-state index is 5.89. The third kappa shape index (κ3) is 2.57. The third-order valence-electron chi connectivity index (χ3n) is 1.72. The van der Waals surface area contributed by atoms with Gasteiger partial charge in [-0.25, -0.2) is 4.98 Å². The average Bonchev–Trinajstić information content (AvgIpc) is 2.05. The number of nitrogens with two attached hydrogens (primary N) is 1. The van der Waals surface area contributed by atoms with Crippen LogP contribution in [-0.4, -0.2) is 4.98 Å². The summed E-state index contributed by atoms with van der Waals surface area (Å²) in [5.74, 6) is 0. The van der Waals surface area contributed by atoms with Crippen LogP contribution in [0.5, 0.6) is 0 Å². The molecule has 0 bridgehead atoms. The van der Waals surface area contributed by atoms with Gasteiger partial charge in [-0.05, 0) is 34.5 Å². The van der Waals surface area contributed by atoms with Crippen molar-refractivity contribution in [3.63, 3.8) is 0 Å². The Morgan fingerprint density at radius 3 is 2.92 bits per heavy atom. The Morgan fingerprint density at radius 2 is 2.33 bits per heavy atom. The SMILES string of the molecule is CCC[C@H](N)c1cccc(Br)n1. The lowest BCUT2D eigenvalue weighted by Crippen LogP contribution is -2.11. The fourth-order valence-electron chi connectivity index (χ4n) is 1.09. The monoisotopic (exact) mass is 228 g/mol. The summed E-state index contributed by atoms with van der Waals surface area (Å²) in [7, 11) is 0. The number of nitrogens with zero attached hydrogens (tertiary/aromatic N) is 1. The summed E-state index contributed by atoms with van der Waals surface area (Å²) in [5, 5.41) is 0. The summed E-state index contributed by atoms with van der Waals surface area (Å²) in [5.41, 5.74) is 6.86. The molecule has 12 heavy (non-hydrogen) atoms. The van der Waals surface area contributed by atoms with Gasteiger partial charge in [-0.2, -0.15) is 0 Å². The number of hydrogen-bond acceptors (Lipinski definition) is 2. The Kier molecular flexibility index (Phi) is 3.69. The lowest BCUT2D eigenvalue weighted by atomic mass is 10.1. The first-order chi connectivity index (χ1) is 5.74. The van der Waals surface area contributed by atoms with Gasteiger partial charge in [0.25, 0.3) is 0 Å². The van der Waals surface area contributed by atoms with Gasteiger partial charge >= 0.3 is 0 Å². The van der Waals surface area contributed by atoms with Crippen LogP contribution in [0.4, 0.5) is 0 Å². The summed E-state index contributed by atoms with van der Waals surface area (Å²) in [6.45, 7) is 2.12. The van der Waals surface area contributed by atoms with Crippen LogP contribution in [0.15, 0.2) is 22.8 Å². The molecule has 1 rings (SSSR count). The quantitative estimate of drug-likeness (QED) is 0.809. The zero-order chi connectivity index (χ0) is 8.97. The number of rotatable bonds is 3. The molecule has 0 aliphatic heterocycles. The zero-order valence-corrected chi connectivity index (χ0v) is 8.71. The minimum absolute atomic E-state index is 0.0764. The van der Waals surface area contributed by atoms with E-state index in [2.05, 4.69) is 27.8 Å². The molecule has 0 amide bonds. The van der Waals surface area contributed by atoms with E-state index in [4.69, 9.17) is 5.73 Å². The zero-order valence-electron chi connectivity index (χ0n) is 7.13. The second-order valence-corrected chi connectivity index (χ2v) is 3.59. The molecule has 1 aromatic rings. The van der Waals surface area contributed by atoms with Gasteiger partial charge in [-0.15, -0.1) is 0 Å². The van der Waals surface area contributed by atoms with E-state index in [0.717, 1.165) is 23.1 Å². The second-order valence-electron chi connectivity index (χ2n) is 2.78. The van der Waals surface area contributed by atoms with Crippen molar-refractivity contribution >= 4 is 15.9 Å². The van der Waals surface area contributed by atoms with Crippen molar-refractivity contribution in [1.82, 2.24) is 4.98 Å². The minimum Gasteiger partial charge on any atom is -0.323 e. The van der Waals surface area contributed by atoms with E-state index in [1.54, 1.807) is 0 Å². The van der Waals surface area contributed by atoms with Crippen molar-refractivity contribution < 1.29 is 0 Å². The first-order valence-electron chi connectivity index (χ1n) is 4.12. The van der Waals surface area contributed by atoms with E-state index in [1.807, 2.05) is 18.2 Å². The Hall–Kier alpha value is -0.410. The molecule has 0 unspecified atom stereocenters. The van der Waals surface area contributed by atoms with Gasteiger partial charge < -0.3 is 5.73 Å². The molecule has 66 valence electrons. The van der Waals surface area contributed by atoms with Gasteiger partial charge in [0.05, 0.1) is 5.69 Å². The van der Waals surface area contributed by atoms with Crippen molar-refractivity contribution in [3.8, 4) is 0 Å². The van der Waals surface area contributed by atoms with Crippen LogP contribution in [0, 0.1) is 0 Å². The highest BCUT2D eigenvalue weighted by atomic mass is 79.9. The molecular weight excluding hydrogens is 216 g/mol. The molecule has 0 saturated heterocycles. The summed E-state index contributed by atoms with van der Waals surface area (Å²) < 4.78 is 0.853. The molecule has 0 fully saturated rings. The molecule has 0 aliphatic rings. The highest BCUT2D eigenvalue weighted by Gasteiger charge is 2.05. The Morgan fingerprint density at radius 1 is 1.58 bits per heavy atom. The van der Waals surface area contributed by atoms with Gasteiger partial charge in [0.2, 0.25) is 0 Å². The average molecular weight is 229 g/mol. The van der Waals surface area contributed by atoms with Crippen LogP contribution in [0.1, 0.15) is 31.5 Å². The first-order valence-corrected chi connectivity index (χ1v) is 4.91. The number of hydrogen-bond donors (Lipinski definition) is 1. The van der Waals surface area contributed by atoms with E-state index in [1.165, 1.54) is 0 Å². The van der Waals surface area contributed by atoms with Gasteiger partial charge in [0.1, 0.15) is 4.60 Å². The molecule has 0 aromatic carbocycles. The molecule has 1 aromatic heterocycles. The fraction of sp³-hybridized carbons (Fsp3) is 0.444. The molecule has 0 aliphatic carbocycles. The fourth-order valence-corrected chi connectivity index (χ4v) is 1.45. The van der Waals surface area contributed by atoms with E-state index in [0.29, 0.717) is 0 Å². The topological polar surface area (TPSA) is 38.9 Å². The van der Waals surface area contributed by atoms with Gasteiger partial charge in [-0.3, -0.25) is 0 Å². The molecule has 1 heterocycles. The molecule has 1 atom stereocenters. The first kappa shape index (κ1) is 9.68. The minimum atomic E-state index is 0.0764. The summed E-state index contributed by atoms with van der Waals surface area (Å²) in [4.78, 5) is 4.28. The molecule has 3 heteroatoms. The largest absolute Gasteiger partial charge is 0.323 e. The van der Waals surface area contributed by atoms with Crippen LogP contribution in [-0.2, 0) is 0 Å². The lowest BCUT2D eigenvalue weighted by Gasteiger charge is -2.08. The van der Waals surface area contributed by atoms with Crippen molar-refractivity contribution in [2.45, 2.75) is 25.8 Å². The molecule has 2 N–H and O–H groups in total. The van der Waals surface area contributed by atoms with Crippen molar-refractivity contribution in [2.24, 2.45) is 5.73 Å². The maximum Gasteiger partial charge on any atom is 0.106 e. The van der Waals surface area contributed by atoms with Crippen LogP contribution < -0.4 is 5.73 Å². The molecular formula is C9H13BrN2. The van der Waals surface area contributed by atoms with Crippen molar-refractivity contribution in [3.05, 3.63) is 28.5 Å². The lowest BCUT2D eigenvalue weighted by molar-refractivity contribution is 0.620. The number of aromatic nitrogens is 1. The van der Waals surface area contributed by atoms with Crippen molar-refractivity contribution in [1.29, 1.82) is 0 Å². The standard InChI is InChI=1S/C9H13BrN2/c1-2-4-7(11)8-5-3-6-9(10)12-8/h3,5-7H,2,4,11H2,1H3/t7-/m0/s1. The summed E-state index contributed by atoms with van der Waals surface area (Å²) >= 11 is 3.31. The van der Waals surface area contributed by atoms with Crippen LogP contribution >= 0.6 is 15.9 Å². The summed E-state index contributed by atoms with van der Waals surface area (Å²) in [6, 6.07) is 5.90. The van der Waals surface area contributed by atoms with Crippen molar-refractivity contribution in [2.75, 3.05) is 0 Å². The molecule has 0 saturated carbocycles. The smallest absolute Gasteiger partial charge is 0.106 e.